The number of likely N-dealkylation sites (tertiary alicyclic amines) is 1. The molecular formula is C21H24N8O2. The summed E-state index contributed by atoms with van der Waals surface area (Å²) in [5.41, 5.74) is 2.78. The number of methoxy groups -OCH3 is 1. The van der Waals surface area contributed by atoms with Gasteiger partial charge in [-0.3, -0.25) is 4.79 Å². The van der Waals surface area contributed by atoms with Crippen molar-refractivity contribution in [1.82, 2.24) is 34.8 Å². The van der Waals surface area contributed by atoms with E-state index in [0.717, 1.165) is 30.4 Å². The molecule has 3 aromatic heterocycles. The highest BCUT2D eigenvalue weighted by atomic mass is 16.5. The van der Waals surface area contributed by atoms with E-state index in [2.05, 4.69) is 30.0 Å². The molecule has 0 bridgehead atoms. The molecule has 10 nitrogen and oxygen atoms in total. The maximum absolute atomic E-state index is 13.3. The number of aryl methyl sites for hydroxylation is 2. The molecule has 0 radical (unpaired) electrons. The van der Waals surface area contributed by atoms with Crippen LogP contribution < -0.4 is 9.64 Å². The molecule has 2 fully saturated rings. The lowest BCUT2D eigenvalue weighted by Crippen LogP contribution is -2.35. The smallest absolute Gasteiger partial charge is 0.274 e. The number of pyridine rings is 1. The van der Waals surface area contributed by atoms with Crippen molar-refractivity contribution in [2.45, 2.75) is 13.8 Å². The van der Waals surface area contributed by atoms with E-state index in [4.69, 9.17) is 4.74 Å². The lowest BCUT2D eigenvalue weighted by Gasteiger charge is -2.22. The molecule has 0 saturated carbocycles. The van der Waals surface area contributed by atoms with Gasteiger partial charge in [-0.15, -0.1) is 4.80 Å². The first-order chi connectivity index (χ1) is 15.0. The molecule has 2 atom stereocenters. The van der Waals surface area contributed by atoms with Crippen molar-refractivity contribution in [3.8, 4) is 11.4 Å². The van der Waals surface area contributed by atoms with E-state index in [0.29, 0.717) is 42.1 Å². The van der Waals surface area contributed by atoms with E-state index in [-0.39, 0.29) is 5.91 Å². The van der Waals surface area contributed by atoms with Crippen LogP contribution in [0.15, 0.2) is 30.7 Å². The van der Waals surface area contributed by atoms with Crippen molar-refractivity contribution >= 4 is 11.9 Å². The van der Waals surface area contributed by atoms with Gasteiger partial charge in [-0.05, 0) is 19.9 Å². The Hall–Kier alpha value is -3.56. The second kappa shape index (κ2) is 7.60. The van der Waals surface area contributed by atoms with Crippen LogP contribution in [0.1, 0.15) is 21.9 Å². The number of anilines is 1. The second-order valence-electron chi connectivity index (χ2n) is 8.15. The molecule has 1 amide bonds. The van der Waals surface area contributed by atoms with Crippen LogP contribution in [0.5, 0.6) is 5.75 Å². The minimum atomic E-state index is -0.112. The molecule has 5 rings (SSSR count). The van der Waals surface area contributed by atoms with Crippen LogP contribution in [0.3, 0.4) is 0 Å². The third-order valence-electron chi connectivity index (χ3n) is 5.94. The molecule has 0 N–H and O–H groups in total. The largest absolute Gasteiger partial charge is 0.495 e. The highest BCUT2D eigenvalue weighted by molar-refractivity contribution is 5.96. The molecule has 2 aliphatic rings. The minimum Gasteiger partial charge on any atom is -0.495 e. The highest BCUT2D eigenvalue weighted by Gasteiger charge is 2.43. The summed E-state index contributed by atoms with van der Waals surface area (Å²) in [5.74, 6) is 1.99. The first-order valence-electron chi connectivity index (χ1n) is 10.3. The number of fused-ring (bicyclic) bond motifs is 1. The fraction of sp³-hybridized carbons (Fsp3) is 0.429. The van der Waals surface area contributed by atoms with E-state index < -0.39 is 0 Å². The number of nitrogens with zero attached hydrogens (tertiary/aromatic N) is 8. The molecule has 3 aromatic rings. The van der Waals surface area contributed by atoms with Gasteiger partial charge in [-0.25, -0.2) is 15.0 Å². The van der Waals surface area contributed by atoms with Crippen molar-refractivity contribution in [3.63, 3.8) is 0 Å². The maximum Gasteiger partial charge on any atom is 0.274 e. The minimum absolute atomic E-state index is 0.112. The molecule has 5 heterocycles. The van der Waals surface area contributed by atoms with Crippen LogP contribution >= 0.6 is 0 Å². The van der Waals surface area contributed by atoms with Gasteiger partial charge in [0.2, 0.25) is 5.95 Å². The standard InChI is InChI=1S/C21H24N8O2/c1-13-6-14(2)26-21(25-13)28-11-15-9-27(10-16(15)12-28)20(30)19-18(29-23-4-5-24-29)7-17(31-3)8-22-19/h4-8,15-16H,9-12H2,1-3H3. The Balaban J connectivity index is 1.34. The van der Waals surface area contributed by atoms with Crippen LogP contribution in [0, 0.1) is 25.7 Å². The van der Waals surface area contributed by atoms with Crippen LogP contribution in [0.4, 0.5) is 5.95 Å². The van der Waals surface area contributed by atoms with Gasteiger partial charge in [-0.2, -0.15) is 10.2 Å². The summed E-state index contributed by atoms with van der Waals surface area (Å²) < 4.78 is 5.27. The van der Waals surface area contributed by atoms with E-state index in [1.165, 1.54) is 4.80 Å². The topological polar surface area (TPSA) is 102 Å². The summed E-state index contributed by atoms with van der Waals surface area (Å²) in [5, 5.41) is 8.33. The molecule has 10 heteroatoms. The van der Waals surface area contributed by atoms with Gasteiger partial charge in [0.25, 0.3) is 5.91 Å². The molecule has 0 aliphatic carbocycles. The van der Waals surface area contributed by atoms with Crippen LogP contribution in [-0.4, -0.2) is 74.0 Å². The third-order valence-corrected chi connectivity index (χ3v) is 5.94. The normalized spacial score (nSPS) is 20.2. The van der Waals surface area contributed by atoms with Gasteiger partial charge >= 0.3 is 0 Å². The summed E-state index contributed by atoms with van der Waals surface area (Å²) in [6, 6.07) is 3.71. The lowest BCUT2D eigenvalue weighted by molar-refractivity contribution is 0.0776. The van der Waals surface area contributed by atoms with Crippen LogP contribution in [0.25, 0.3) is 5.69 Å². The number of hydrogen-bond acceptors (Lipinski definition) is 8. The van der Waals surface area contributed by atoms with Crippen molar-refractivity contribution in [2.75, 3.05) is 38.2 Å². The van der Waals surface area contributed by atoms with E-state index in [1.54, 1.807) is 31.8 Å². The molecule has 2 saturated heterocycles. The SMILES string of the molecule is COc1cnc(C(=O)N2CC3CN(c4nc(C)cc(C)n4)CC3C2)c(-n2nccn2)c1. The average Bonchev–Trinajstić information content (AvgIpc) is 3.48. The van der Waals surface area contributed by atoms with Crippen molar-refractivity contribution in [3.05, 3.63) is 47.8 Å². The number of ether oxygens (including phenoxy) is 1. The summed E-state index contributed by atoms with van der Waals surface area (Å²) in [6.45, 7) is 7.05. The molecule has 0 spiro atoms. The summed E-state index contributed by atoms with van der Waals surface area (Å²) in [6.07, 6.45) is 4.69. The fourth-order valence-electron chi connectivity index (χ4n) is 4.52. The Morgan fingerprint density at radius 1 is 1.00 bits per heavy atom. The van der Waals surface area contributed by atoms with Gasteiger partial charge in [0.05, 0.1) is 25.7 Å². The van der Waals surface area contributed by atoms with E-state index in [1.807, 2.05) is 24.8 Å². The number of amides is 1. The fourth-order valence-corrected chi connectivity index (χ4v) is 4.52. The van der Waals surface area contributed by atoms with Crippen molar-refractivity contribution in [1.29, 1.82) is 0 Å². The summed E-state index contributed by atoms with van der Waals surface area (Å²) in [4.78, 5) is 32.4. The number of carbonyl (C=O) groups excluding carboxylic acids is 1. The van der Waals surface area contributed by atoms with Gasteiger partial charge in [0, 0.05) is 55.5 Å². The van der Waals surface area contributed by atoms with Gasteiger partial charge in [0.15, 0.2) is 5.69 Å². The zero-order chi connectivity index (χ0) is 21.5. The Morgan fingerprint density at radius 2 is 1.65 bits per heavy atom. The predicted molar refractivity (Wildman–Crippen MR) is 112 cm³/mol. The van der Waals surface area contributed by atoms with Crippen molar-refractivity contribution < 1.29 is 9.53 Å². The Labute approximate surface area is 179 Å². The lowest BCUT2D eigenvalue weighted by atomic mass is 10.0. The number of hydrogen-bond donors (Lipinski definition) is 0. The average molecular weight is 420 g/mol. The van der Waals surface area contributed by atoms with Crippen molar-refractivity contribution in [2.24, 2.45) is 11.8 Å². The van der Waals surface area contributed by atoms with Gasteiger partial charge in [-0.1, -0.05) is 0 Å². The molecule has 160 valence electrons. The first-order valence-corrected chi connectivity index (χ1v) is 10.3. The number of rotatable bonds is 4. The molecule has 0 aromatic carbocycles. The third kappa shape index (κ3) is 3.58. The molecular weight excluding hydrogens is 396 g/mol. The van der Waals surface area contributed by atoms with E-state index in [9.17, 15) is 4.79 Å². The summed E-state index contributed by atoms with van der Waals surface area (Å²) in [7, 11) is 1.56. The Morgan fingerprint density at radius 3 is 2.26 bits per heavy atom. The van der Waals surface area contributed by atoms with Gasteiger partial charge in [0.1, 0.15) is 11.4 Å². The Bertz CT molecular complexity index is 1080. The molecule has 2 aliphatic heterocycles. The highest BCUT2D eigenvalue weighted by Crippen LogP contribution is 2.34. The van der Waals surface area contributed by atoms with Crippen LogP contribution in [0.2, 0.25) is 0 Å². The number of carbonyl (C=O) groups is 1. The quantitative estimate of drug-likeness (QED) is 0.622. The second-order valence-corrected chi connectivity index (χ2v) is 8.15. The first kappa shape index (κ1) is 19.4. The summed E-state index contributed by atoms with van der Waals surface area (Å²) >= 11 is 0. The Kier molecular flexibility index (Phi) is 4.76. The molecule has 2 unspecified atom stereocenters. The zero-order valence-electron chi connectivity index (χ0n) is 17.8. The van der Waals surface area contributed by atoms with Crippen LogP contribution in [-0.2, 0) is 0 Å². The van der Waals surface area contributed by atoms with E-state index >= 15 is 0 Å². The monoisotopic (exact) mass is 420 g/mol. The predicted octanol–water partition coefficient (Wildman–Crippen LogP) is 1.29. The molecule has 31 heavy (non-hydrogen) atoms. The number of aromatic nitrogens is 6. The van der Waals surface area contributed by atoms with Gasteiger partial charge < -0.3 is 14.5 Å². The zero-order valence-corrected chi connectivity index (χ0v) is 17.8. The maximum atomic E-state index is 13.3.